The van der Waals surface area contributed by atoms with Gasteiger partial charge in [0.25, 0.3) is 0 Å². The molecule has 0 atom stereocenters. The average molecular weight is 289 g/mol. The first kappa shape index (κ1) is 12.5. The van der Waals surface area contributed by atoms with E-state index in [-0.39, 0.29) is 5.56 Å². The molecule has 4 rings (SSSR count). The maximum atomic E-state index is 11.6. The predicted octanol–water partition coefficient (Wildman–Crippen LogP) is 3.25. The third-order valence-electron chi connectivity index (χ3n) is 3.67. The molecule has 2 aromatic heterocycles. The number of benzene rings is 2. The van der Waals surface area contributed by atoms with E-state index in [9.17, 15) is 9.90 Å². The Kier molecular flexibility index (Phi) is 2.66. The Morgan fingerprint density at radius 3 is 2.32 bits per heavy atom. The van der Waals surface area contributed by atoms with E-state index >= 15 is 0 Å². The molecular formula is C17H11N3O2. The van der Waals surface area contributed by atoms with Crippen molar-refractivity contribution < 1.29 is 9.90 Å². The number of carboxylic acids is 1. The summed E-state index contributed by atoms with van der Waals surface area (Å²) in [6.45, 7) is 0. The van der Waals surface area contributed by atoms with Crippen LogP contribution in [0.4, 0.5) is 0 Å². The Balaban J connectivity index is 2.14. The highest BCUT2D eigenvalue weighted by Crippen LogP contribution is 2.26. The number of aromatic carboxylic acids is 1. The van der Waals surface area contributed by atoms with Gasteiger partial charge in [-0.05, 0) is 0 Å². The fraction of sp³-hybridized carbons (Fsp3) is 0. The van der Waals surface area contributed by atoms with Crippen molar-refractivity contribution in [2.45, 2.75) is 0 Å². The highest BCUT2D eigenvalue weighted by Gasteiger charge is 2.16. The third-order valence-corrected chi connectivity index (χ3v) is 3.67. The standard InChI is InChI=1S/C17H11N3O2/c21-17(22)14-10-20-15(11-6-2-1-3-7-11)18-19-16(20)13-9-5-4-8-12(13)14/h1-10H,(H,21,22). The SMILES string of the molecule is O=C(O)c1cn2c(-c3ccccc3)nnc2c2ccccc12. The lowest BCUT2D eigenvalue weighted by molar-refractivity contribution is 0.0698. The van der Waals surface area contributed by atoms with Gasteiger partial charge in [-0.1, -0.05) is 54.6 Å². The summed E-state index contributed by atoms with van der Waals surface area (Å²) >= 11 is 0. The van der Waals surface area contributed by atoms with Crippen molar-refractivity contribution in [3.63, 3.8) is 0 Å². The van der Waals surface area contributed by atoms with Crippen LogP contribution in [0.5, 0.6) is 0 Å². The van der Waals surface area contributed by atoms with Crippen LogP contribution < -0.4 is 0 Å². The molecular weight excluding hydrogens is 278 g/mol. The number of rotatable bonds is 2. The van der Waals surface area contributed by atoms with Gasteiger partial charge in [-0.3, -0.25) is 4.40 Å². The molecule has 0 saturated carbocycles. The first-order valence-corrected chi connectivity index (χ1v) is 6.81. The number of hydrogen-bond donors (Lipinski definition) is 1. The fourth-order valence-electron chi connectivity index (χ4n) is 2.66. The first-order chi connectivity index (χ1) is 10.8. The quantitative estimate of drug-likeness (QED) is 0.615. The van der Waals surface area contributed by atoms with E-state index in [1.54, 1.807) is 16.7 Å². The highest BCUT2D eigenvalue weighted by molar-refractivity contribution is 6.07. The highest BCUT2D eigenvalue weighted by atomic mass is 16.4. The number of carbonyl (C=O) groups is 1. The van der Waals surface area contributed by atoms with E-state index in [0.29, 0.717) is 16.9 Å². The lowest BCUT2D eigenvalue weighted by Gasteiger charge is -2.06. The van der Waals surface area contributed by atoms with Gasteiger partial charge in [-0.15, -0.1) is 10.2 Å². The van der Waals surface area contributed by atoms with Gasteiger partial charge in [0.15, 0.2) is 11.5 Å². The second-order valence-corrected chi connectivity index (χ2v) is 4.98. The Bertz CT molecular complexity index is 1010. The van der Waals surface area contributed by atoms with Gasteiger partial charge in [0, 0.05) is 22.5 Å². The maximum absolute atomic E-state index is 11.6. The van der Waals surface area contributed by atoms with Gasteiger partial charge in [-0.2, -0.15) is 0 Å². The van der Waals surface area contributed by atoms with Crippen LogP contribution in [0.1, 0.15) is 10.4 Å². The monoisotopic (exact) mass is 289 g/mol. The van der Waals surface area contributed by atoms with E-state index in [1.165, 1.54) is 0 Å². The van der Waals surface area contributed by atoms with E-state index in [1.807, 2.05) is 48.5 Å². The third kappa shape index (κ3) is 1.76. The normalized spacial score (nSPS) is 11.1. The van der Waals surface area contributed by atoms with Crippen molar-refractivity contribution in [1.29, 1.82) is 0 Å². The molecule has 0 unspecified atom stereocenters. The van der Waals surface area contributed by atoms with Crippen LogP contribution >= 0.6 is 0 Å². The molecule has 4 aromatic rings. The molecule has 0 amide bonds. The minimum absolute atomic E-state index is 0.236. The molecule has 0 saturated heterocycles. The molecule has 0 spiro atoms. The van der Waals surface area contributed by atoms with Crippen molar-refractivity contribution in [2.24, 2.45) is 0 Å². The van der Waals surface area contributed by atoms with Crippen LogP contribution in [0.25, 0.3) is 27.8 Å². The molecule has 2 aromatic carbocycles. The van der Waals surface area contributed by atoms with E-state index in [2.05, 4.69) is 10.2 Å². The second-order valence-electron chi connectivity index (χ2n) is 4.98. The van der Waals surface area contributed by atoms with Gasteiger partial charge in [0.1, 0.15) is 0 Å². The summed E-state index contributed by atoms with van der Waals surface area (Å²) in [5, 5.41) is 19.4. The summed E-state index contributed by atoms with van der Waals surface area (Å²) in [6, 6.07) is 16.9. The lowest BCUT2D eigenvalue weighted by Crippen LogP contribution is -2.02. The fourth-order valence-corrected chi connectivity index (χ4v) is 2.66. The Morgan fingerprint density at radius 2 is 1.59 bits per heavy atom. The van der Waals surface area contributed by atoms with Crippen molar-refractivity contribution in [1.82, 2.24) is 14.6 Å². The summed E-state index contributed by atoms with van der Waals surface area (Å²) in [6.07, 6.45) is 1.59. The topological polar surface area (TPSA) is 67.5 Å². The summed E-state index contributed by atoms with van der Waals surface area (Å²) in [7, 11) is 0. The number of carboxylic acid groups (broad SMARTS) is 1. The molecule has 0 aliphatic heterocycles. The van der Waals surface area contributed by atoms with Crippen LogP contribution in [-0.4, -0.2) is 25.7 Å². The smallest absolute Gasteiger partial charge is 0.337 e. The van der Waals surface area contributed by atoms with Crippen LogP contribution in [0.15, 0.2) is 60.8 Å². The molecule has 1 N–H and O–H groups in total. The Hall–Kier alpha value is -3.21. The van der Waals surface area contributed by atoms with Gasteiger partial charge in [-0.25, -0.2) is 4.79 Å². The summed E-state index contributed by atoms with van der Waals surface area (Å²) in [5.41, 5.74) is 1.78. The molecule has 2 heterocycles. The molecule has 0 fully saturated rings. The predicted molar refractivity (Wildman–Crippen MR) is 82.9 cm³/mol. The van der Waals surface area contributed by atoms with E-state index in [0.717, 1.165) is 10.9 Å². The number of hydrogen-bond acceptors (Lipinski definition) is 3. The van der Waals surface area contributed by atoms with Crippen LogP contribution in [0, 0.1) is 0 Å². The zero-order valence-electron chi connectivity index (χ0n) is 11.5. The van der Waals surface area contributed by atoms with Crippen molar-refractivity contribution in [3.8, 4) is 11.4 Å². The van der Waals surface area contributed by atoms with Gasteiger partial charge >= 0.3 is 5.97 Å². The largest absolute Gasteiger partial charge is 0.478 e. The molecule has 22 heavy (non-hydrogen) atoms. The molecule has 5 heteroatoms. The number of pyridine rings is 1. The molecule has 106 valence electrons. The van der Waals surface area contributed by atoms with Gasteiger partial charge in [0.05, 0.1) is 5.56 Å². The Labute approximate surface area is 125 Å². The van der Waals surface area contributed by atoms with E-state index in [4.69, 9.17) is 0 Å². The van der Waals surface area contributed by atoms with Crippen molar-refractivity contribution in [2.75, 3.05) is 0 Å². The van der Waals surface area contributed by atoms with Crippen molar-refractivity contribution in [3.05, 3.63) is 66.4 Å². The lowest BCUT2D eigenvalue weighted by atomic mass is 10.1. The molecule has 5 nitrogen and oxygen atoms in total. The zero-order chi connectivity index (χ0) is 15.1. The minimum atomic E-state index is -0.967. The molecule has 0 aliphatic carbocycles. The summed E-state index contributed by atoms with van der Waals surface area (Å²) < 4.78 is 1.74. The average Bonchev–Trinajstić information content (AvgIpc) is 2.99. The van der Waals surface area contributed by atoms with Crippen LogP contribution in [-0.2, 0) is 0 Å². The van der Waals surface area contributed by atoms with Gasteiger partial charge < -0.3 is 5.11 Å². The van der Waals surface area contributed by atoms with E-state index < -0.39 is 5.97 Å². The summed E-state index contributed by atoms with van der Waals surface area (Å²) in [5.74, 6) is -0.338. The minimum Gasteiger partial charge on any atom is -0.478 e. The van der Waals surface area contributed by atoms with Crippen LogP contribution in [0.2, 0.25) is 0 Å². The summed E-state index contributed by atoms with van der Waals surface area (Å²) in [4.78, 5) is 11.6. The van der Waals surface area contributed by atoms with Gasteiger partial charge in [0.2, 0.25) is 0 Å². The second kappa shape index (κ2) is 4.66. The number of nitrogens with zero attached hydrogens (tertiary/aromatic N) is 3. The molecule has 0 bridgehead atoms. The maximum Gasteiger partial charge on any atom is 0.337 e. The first-order valence-electron chi connectivity index (χ1n) is 6.81. The Morgan fingerprint density at radius 1 is 0.909 bits per heavy atom. The number of fused-ring (bicyclic) bond motifs is 3. The number of aromatic nitrogens is 3. The molecule has 0 aliphatic rings. The molecule has 0 radical (unpaired) electrons. The zero-order valence-corrected chi connectivity index (χ0v) is 11.5. The van der Waals surface area contributed by atoms with Crippen molar-refractivity contribution >= 4 is 22.4 Å². The van der Waals surface area contributed by atoms with Crippen LogP contribution in [0.3, 0.4) is 0 Å².